The summed E-state index contributed by atoms with van der Waals surface area (Å²) in [5.41, 5.74) is 2.14. The number of rotatable bonds is 10. The van der Waals surface area contributed by atoms with Crippen LogP contribution in [0.3, 0.4) is 0 Å². The van der Waals surface area contributed by atoms with Gasteiger partial charge in [-0.2, -0.15) is 0 Å². The fraction of sp³-hybridized carbons (Fsp3) is 0.0645. The molecule has 3 amide bonds. The van der Waals surface area contributed by atoms with Crippen LogP contribution in [0.5, 0.6) is 0 Å². The highest BCUT2D eigenvalue weighted by Crippen LogP contribution is 2.27. The lowest BCUT2D eigenvalue weighted by atomic mass is 10.1. The van der Waals surface area contributed by atoms with Crippen molar-refractivity contribution in [3.63, 3.8) is 0 Å². The van der Waals surface area contributed by atoms with E-state index in [0.717, 1.165) is 4.90 Å². The van der Waals surface area contributed by atoms with E-state index in [9.17, 15) is 24.5 Å². The van der Waals surface area contributed by atoms with Crippen LogP contribution in [0.25, 0.3) is 6.08 Å². The Bertz CT molecular complexity index is 1690. The largest absolute Gasteiger partial charge is 0.325 e. The number of hydrogen-bond donors (Lipinski definition) is 3. The van der Waals surface area contributed by atoms with E-state index in [-0.39, 0.29) is 23.0 Å². The van der Waals surface area contributed by atoms with Crippen LogP contribution in [0.2, 0.25) is 10.0 Å². The molecule has 0 spiro atoms. The van der Waals surface area contributed by atoms with Gasteiger partial charge in [0, 0.05) is 49.6 Å². The number of aryl methyl sites for hydroxylation is 1. The quantitative estimate of drug-likeness (QED) is 0.0723. The first-order valence-electron chi connectivity index (χ1n) is 12.7. The molecule has 4 aromatic rings. The number of nitro groups is 1. The highest BCUT2D eigenvalue weighted by atomic mass is 35.5. The Morgan fingerprint density at radius 2 is 1.56 bits per heavy atom. The number of amides is 3. The van der Waals surface area contributed by atoms with Crippen molar-refractivity contribution in [2.45, 2.75) is 11.8 Å². The van der Waals surface area contributed by atoms with E-state index in [2.05, 4.69) is 16.0 Å². The highest BCUT2D eigenvalue weighted by molar-refractivity contribution is 8.00. The average Bonchev–Trinajstić information content (AvgIpc) is 2.99. The summed E-state index contributed by atoms with van der Waals surface area (Å²) in [6, 6.07) is 24.4. The number of thioether (sulfide) groups is 1. The van der Waals surface area contributed by atoms with Crippen LogP contribution < -0.4 is 16.0 Å². The Balaban J connectivity index is 1.42. The first-order valence-corrected chi connectivity index (χ1v) is 14.5. The first kappa shape index (κ1) is 31.3. The van der Waals surface area contributed by atoms with Crippen molar-refractivity contribution in [1.82, 2.24) is 5.32 Å². The van der Waals surface area contributed by atoms with Crippen LogP contribution in [0.4, 0.5) is 17.1 Å². The number of carbonyl (C=O) groups is 3. The van der Waals surface area contributed by atoms with Crippen LogP contribution >= 0.6 is 35.0 Å². The molecule has 0 fully saturated rings. The van der Waals surface area contributed by atoms with Crippen LogP contribution in [-0.2, 0) is 9.59 Å². The smallest absolute Gasteiger partial charge is 0.272 e. The molecule has 0 unspecified atom stereocenters. The normalized spacial score (nSPS) is 11.0. The Kier molecular flexibility index (Phi) is 10.6. The van der Waals surface area contributed by atoms with Crippen molar-refractivity contribution < 1.29 is 19.3 Å². The molecule has 0 atom stereocenters. The minimum atomic E-state index is -0.599. The predicted molar refractivity (Wildman–Crippen MR) is 171 cm³/mol. The number of nitrogens with zero attached hydrogens (tertiary/aromatic N) is 1. The monoisotopic (exact) mass is 634 g/mol. The van der Waals surface area contributed by atoms with Crippen molar-refractivity contribution in [2.75, 3.05) is 16.4 Å². The number of benzene rings is 4. The highest BCUT2D eigenvalue weighted by Gasteiger charge is 2.17. The molecule has 0 aliphatic rings. The van der Waals surface area contributed by atoms with Crippen LogP contribution in [-0.4, -0.2) is 28.4 Å². The third-order valence-electron chi connectivity index (χ3n) is 5.99. The van der Waals surface area contributed by atoms with E-state index in [4.69, 9.17) is 23.2 Å². The summed E-state index contributed by atoms with van der Waals surface area (Å²) in [6.45, 7) is 1.68. The Morgan fingerprint density at radius 3 is 2.19 bits per heavy atom. The molecular weight excluding hydrogens is 611 g/mol. The van der Waals surface area contributed by atoms with Gasteiger partial charge in [-0.05, 0) is 73.2 Å². The lowest BCUT2D eigenvalue weighted by molar-refractivity contribution is -0.384. The van der Waals surface area contributed by atoms with Gasteiger partial charge >= 0.3 is 0 Å². The Morgan fingerprint density at radius 1 is 0.884 bits per heavy atom. The molecule has 0 aliphatic heterocycles. The topological polar surface area (TPSA) is 130 Å². The molecule has 218 valence electrons. The van der Waals surface area contributed by atoms with E-state index in [1.807, 2.05) is 0 Å². The van der Waals surface area contributed by atoms with Crippen molar-refractivity contribution in [2.24, 2.45) is 0 Å². The second-order valence-corrected chi connectivity index (χ2v) is 10.9. The summed E-state index contributed by atoms with van der Waals surface area (Å²) in [7, 11) is 0. The number of nitro benzene ring substituents is 1. The van der Waals surface area contributed by atoms with Gasteiger partial charge in [-0.1, -0.05) is 47.5 Å². The second kappa shape index (κ2) is 14.5. The summed E-state index contributed by atoms with van der Waals surface area (Å²) >= 11 is 13.9. The summed E-state index contributed by atoms with van der Waals surface area (Å²) in [5, 5.41) is 19.7. The standard InChI is InChI=1S/C31H24Cl2N4O5S/c1-19-16-22(37(41)42)12-15-27(19)35-29(38)18-43-23-13-10-21(11-14-23)34-31(40)28(17-24-25(32)8-5-9-26(24)33)36-30(39)20-6-3-2-4-7-20/h2-17H,18H2,1H3,(H,34,40)(H,35,38)(H,36,39)/b28-17-. The van der Waals surface area contributed by atoms with Gasteiger partial charge in [0.25, 0.3) is 17.5 Å². The molecule has 0 bridgehead atoms. The number of carbonyl (C=O) groups excluding carboxylic acids is 3. The molecule has 0 radical (unpaired) electrons. The summed E-state index contributed by atoms with van der Waals surface area (Å²) < 4.78 is 0. The van der Waals surface area contributed by atoms with E-state index in [0.29, 0.717) is 38.1 Å². The molecule has 4 aromatic carbocycles. The zero-order valence-corrected chi connectivity index (χ0v) is 24.9. The van der Waals surface area contributed by atoms with Crippen LogP contribution in [0.1, 0.15) is 21.5 Å². The van der Waals surface area contributed by atoms with E-state index in [1.54, 1.807) is 79.7 Å². The number of nitrogens with one attached hydrogen (secondary N) is 3. The van der Waals surface area contributed by atoms with E-state index in [1.165, 1.54) is 36.0 Å². The van der Waals surface area contributed by atoms with Gasteiger partial charge in [0.15, 0.2) is 0 Å². The third kappa shape index (κ3) is 8.68. The van der Waals surface area contributed by atoms with Gasteiger partial charge in [-0.25, -0.2) is 0 Å². The minimum Gasteiger partial charge on any atom is -0.325 e. The van der Waals surface area contributed by atoms with Gasteiger partial charge in [0.2, 0.25) is 5.91 Å². The maximum atomic E-state index is 13.3. The maximum absolute atomic E-state index is 13.3. The number of non-ortho nitro benzene ring substituents is 1. The van der Waals surface area contributed by atoms with Crippen molar-refractivity contribution >= 4 is 75.8 Å². The number of hydrogen-bond acceptors (Lipinski definition) is 6. The molecule has 3 N–H and O–H groups in total. The lowest BCUT2D eigenvalue weighted by Crippen LogP contribution is -2.30. The molecule has 0 saturated carbocycles. The van der Waals surface area contributed by atoms with Gasteiger partial charge in [-0.15, -0.1) is 11.8 Å². The van der Waals surface area contributed by atoms with Crippen molar-refractivity contribution in [3.8, 4) is 0 Å². The van der Waals surface area contributed by atoms with Crippen molar-refractivity contribution in [3.05, 3.63) is 134 Å². The van der Waals surface area contributed by atoms with Gasteiger partial charge < -0.3 is 16.0 Å². The average molecular weight is 636 g/mol. The SMILES string of the molecule is Cc1cc([N+](=O)[O-])ccc1NC(=O)CSc1ccc(NC(=O)/C(=C/c2c(Cl)cccc2Cl)NC(=O)c2ccccc2)cc1. The van der Waals surface area contributed by atoms with Crippen LogP contribution in [0.15, 0.2) is 102 Å². The summed E-state index contributed by atoms with van der Waals surface area (Å²) in [6.07, 6.45) is 1.41. The molecule has 12 heteroatoms. The Labute approximate surface area is 261 Å². The minimum absolute atomic E-state index is 0.0501. The fourth-order valence-electron chi connectivity index (χ4n) is 3.81. The van der Waals surface area contributed by atoms with Crippen LogP contribution in [0, 0.1) is 17.0 Å². The first-order chi connectivity index (χ1) is 20.6. The molecule has 0 aromatic heterocycles. The van der Waals surface area contributed by atoms with Gasteiger partial charge in [0.1, 0.15) is 5.70 Å². The number of anilines is 2. The molecular formula is C31H24Cl2N4O5S. The molecule has 4 rings (SSSR count). The predicted octanol–water partition coefficient (Wildman–Crippen LogP) is 7.35. The zero-order chi connectivity index (χ0) is 30.9. The summed E-state index contributed by atoms with van der Waals surface area (Å²) in [4.78, 5) is 49.8. The summed E-state index contributed by atoms with van der Waals surface area (Å²) in [5.74, 6) is -1.27. The van der Waals surface area contributed by atoms with E-state index >= 15 is 0 Å². The fourth-order valence-corrected chi connectivity index (χ4v) is 5.01. The Hall–Kier alpha value is -4.64. The van der Waals surface area contributed by atoms with Gasteiger partial charge in [-0.3, -0.25) is 24.5 Å². The maximum Gasteiger partial charge on any atom is 0.272 e. The van der Waals surface area contributed by atoms with Gasteiger partial charge in [0.05, 0.1) is 10.7 Å². The zero-order valence-electron chi connectivity index (χ0n) is 22.6. The second-order valence-electron chi connectivity index (χ2n) is 9.09. The molecule has 43 heavy (non-hydrogen) atoms. The third-order valence-corrected chi connectivity index (χ3v) is 7.67. The van der Waals surface area contributed by atoms with Crippen molar-refractivity contribution in [1.29, 1.82) is 0 Å². The molecule has 0 saturated heterocycles. The molecule has 9 nitrogen and oxygen atoms in total. The molecule has 0 heterocycles. The molecule has 0 aliphatic carbocycles. The van der Waals surface area contributed by atoms with E-state index < -0.39 is 16.7 Å². The number of halogens is 2. The lowest BCUT2D eigenvalue weighted by Gasteiger charge is -2.13.